The molecule has 0 aliphatic rings. The largest absolute Gasteiger partial charge is 0.298 e. The molecule has 0 aliphatic heterocycles. The predicted octanol–water partition coefficient (Wildman–Crippen LogP) is 5.59. The van der Waals surface area contributed by atoms with Crippen molar-refractivity contribution >= 4 is 38.1 Å². The molecule has 168 valence electrons. The minimum Gasteiger partial charge on any atom is -0.298 e. The van der Waals surface area contributed by atoms with Crippen LogP contribution in [0.2, 0.25) is 0 Å². The van der Waals surface area contributed by atoms with Gasteiger partial charge in [0, 0.05) is 23.1 Å². The van der Waals surface area contributed by atoms with E-state index in [2.05, 4.69) is 10.3 Å². The number of amides is 1. The highest BCUT2D eigenvalue weighted by Gasteiger charge is 2.23. The van der Waals surface area contributed by atoms with E-state index in [1.54, 1.807) is 31.2 Å². The third kappa shape index (κ3) is 4.97. The normalized spacial score (nSPS) is 11.2. The minimum atomic E-state index is -3.74. The van der Waals surface area contributed by atoms with Crippen LogP contribution >= 0.6 is 11.3 Å². The van der Waals surface area contributed by atoms with Crippen molar-refractivity contribution in [2.45, 2.75) is 18.7 Å². The zero-order valence-electron chi connectivity index (χ0n) is 18.2. The molecule has 6 nitrogen and oxygen atoms in total. The number of nitrogens with one attached hydrogen (secondary N) is 1. The van der Waals surface area contributed by atoms with Gasteiger partial charge in [0.25, 0.3) is 15.9 Å². The number of aromatic nitrogens is 1. The van der Waals surface area contributed by atoms with Gasteiger partial charge in [0.1, 0.15) is 0 Å². The monoisotopic (exact) mass is 477 g/mol. The number of aryl methyl sites for hydroxylation is 1. The molecule has 0 bridgehead atoms. The van der Waals surface area contributed by atoms with Gasteiger partial charge in [0.15, 0.2) is 5.13 Å². The van der Waals surface area contributed by atoms with Gasteiger partial charge in [-0.05, 0) is 50.2 Å². The molecule has 33 heavy (non-hydrogen) atoms. The fourth-order valence-corrected chi connectivity index (χ4v) is 5.54. The van der Waals surface area contributed by atoms with Gasteiger partial charge in [0.2, 0.25) is 0 Å². The van der Waals surface area contributed by atoms with Crippen LogP contribution in [0, 0.1) is 6.92 Å². The van der Waals surface area contributed by atoms with Gasteiger partial charge in [-0.3, -0.25) is 14.4 Å². The van der Waals surface area contributed by atoms with Crippen LogP contribution in [0.25, 0.3) is 11.3 Å². The molecule has 0 aliphatic carbocycles. The van der Waals surface area contributed by atoms with E-state index in [9.17, 15) is 13.2 Å². The van der Waals surface area contributed by atoms with Crippen molar-refractivity contribution in [3.05, 3.63) is 95.4 Å². The Balaban J connectivity index is 1.49. The summed E-state index contributed by atoms with van der Waals surface area (Å²) < 4.78 is 27.6. The van der Waals surface area contributed by atoms with E-state index < -0.39 is 10.0 Å². The Bertz CT molecular complexity index is 1350. The van der Waals surface area contributed by atoms with E-state index >= 15 is 0 Å². The maximum Gasteiger partial charge on any atom is 0.264 e. The van der Waals surface area contributed by atoms with Crippen LogP contribution in [-0.4, -0.2) is 25.9 Å². The first-order valence-electron chi connectivity index (χ1n) is 10.4. The molecule has 8 heteroatoms. The fourth-order valence-electron chi connectivity index (χ4n) is 3.35. The number of benzene rings is 3. The number of anilines is 2. The molecular formula is C25H23N3O3S2. The summed E-state index contributed by atoms with van der Waals surface area (Å²) in [7, 11) is -3.74. The van der Waals surface area contributed by atoms with Gasteiger partial charge < -0.3 is 0 Å². The summed E-state index contributed by atoms with van der Waals surface area (Å²) in [5, 5.41) is 5.15. The van der Waals surface area contributed by atoms with E-state index in [-0.39, 0.29) is 10.8 Å². The van der Waals surface area contributed by atoms with E-state index in [0.717, 1.165) is 11.3 Å². The number of hydrogen-bond acceptors (Lipinski definition) is 5. The lowest BCUT2D eigenvalue weighted by atomic mass is 10.1. The first-order valence-corrected chi connectivity index (χ1v) is 12.7. The van der Waals surface area contributed by atoms with Gasteiger partial charge in [0.05, 0.1) is 16.3 Å². The van der Waals surface area contributed by atoms with E-state index in [1.165, 1.54) is 45.5 Å². The van der Waals surface area contributed by atoms with Crippen molar-refractivity contribution in [1.82, 2.24) is 4.98 Å². The fraction of sp³-hybridized carbons (Fsp3) is 0.120. The van der Waals surface area contributed by atoms with Crippen LogP contribution in [-0.2, 0) is 10.0 Å². The van der Waals surface area contributed by atoms with Crippen LogP contribution in [0.5, 0.6) is 0 Å². The van der Waals surface area contributed by atoms with E-state index in [1.807, 2.05) is 42.6 Å². The SMILES string of the molecule is CCN(c1ccccc1)S(=O)(=O)c1ccc(C(=O)Nc2nc(-c3ccc(C)cc3)cs2)cc1. The Hall–Kier alpha value is -3.49. The standard InChI is InChI=1S/C25H23N3O3S2/c1-3-28(21-7-5-4-6-8-21)33(30,31)22-15-13-20(14-16-22)24(29)27-25-26-23(17-32-25)19-11-9-18(2)10-12-19/h4-17H,3H2,1-2H3,(H,26,27,29). The van der Waals surface area contributed by atoms with Crippen LogP contribution < -0.4 is 9.62 Å². The second kappa shape index (κ2) is 9.56. The quantitative estimate of drug-likeness (QED) is 0.377. The minimum absolute atomic E-state index is 0.126. The van der Waals surface area contributed by atoms with Crippen LogP contribution in [0.1, 0.15) is 22.8 Å². The summed E-state index contributed by atoms with van der Waals surface area (Å²) in [5.41, 5.74) is 3.88. The highest BCUT2D eigenvalue weighted by atomic mass is 32.2. The molecule has 1 N–H and O–H groups in total. The lowest BCUT2D eigenvalue weighted by Gasteiger charge is -2.22. The summed E-state index contributed by atoms with van der Waals surface area (Å²) in [6.07, 6.45) is 0. The number of hydrogen-bond donors (Lipinski definition) is 1. The number of carbonyl (C=O) groups excluding carboxylic acids is 1. The second-order valence-corrected chi connectivity index (χ2v) is 10.1. The molecule has 1 aromatic heterocycles. The third-order valence-corrected chi connectivity index (χ3v) is 7.78. The average Bonchev–Trinajstić information content (AvgIpc) is 3.29. The summed E-state index contributed by atoms with van der Waals surface area (Å²) >= 11 is 1.34. The van der Waals surface area contributed by atoms with Crippen LogP contribution in [0.15, 0.2) is 89.1 Å². The molecule has 4 rings (SSSR count). The Morgan fingerprint density at radius 1 is 0.970 bits per heavy atom. The number of sulfonamides is 1. The lowest BCUT2D eigenvalue weighted by molar-refractivity contribution is 0.102. The lowest BCUT2D eigenvalue weighted by Crippen LogP contribution is -2.30. The molecule has 1 heterocycles. The number of para-hydroxylation sites is 1. The number of rotatable bonds is 7. The Kier molecular flexibility index (Phi) is 6.57. The maximum atomic E-state index is 13.1. The van der Waals surface area contributed by atoms with Gasteiger partial charge >= 0.3 is 0 Å². The molecule has 0 unspecified atom stereocenters. The van der Waals surface area contributed by atoms with Crippen molar-refractivity contribution in [1.29, 1.82) is 0 Å². The first kappa shape index (κ1) is 22.7. The van der Waals surface area contributed by atoms with E-state index in [0.29, 0.717) is 22.9 Å². The summed E-state index contributed by atoms with van der Waals surface area (Å²) in [4.78, 5) is 17.3. The Morgan fingerprint density at radius 3 is 2.27 bits per heavy atom. The molecule has 0 radical (unpaired) electrons. The van der Waals surface area contributed by atoms with Gasteiger partial charge in [-0.25, -0.2) is 13.4 Å². The van der Waals surface area contributed by atoms with Gasteiger partial charge in [-0.2, -0.15) is 0 Å². The highest BCUT2D eigenvalue weighted by molar-refractivity contribution is 7.92. The molecule has 0 fully saturated rings. The smallest absolute Gasteiger partial charge is 0.264 e. The first-order chi connectivity index (χ1) is 15.9. The molecular weight excluding hydrogens is 454 g/mol. The molecule has 0 atom stereocenters. The van der Waals surface area contributed by atoms with Crippen molar-refractivity contribution in [2.24, 2.45) is 0 Å². The van der Waals surface area contributed by atoms with Crippen molar-refractivity contribution < 1.29 is 13.2 Å². The van der Waals surface area contributed by atoms with Crippen molar-refractivity contribution in [3.63, 3.8) is 0 Å². The number of carbonyl (C=O) groups is 1. The highest BCUT2D eigenvalue weighted by Crippen LogP contribution is 2.26. The average molecular weight is 478 g/mol. The summed E-state index contributed by atoms with van der Waals surface area (Å²) in [6, 6.07) is 22.9. The molecule has 1 amide bonds. The molecule has 0 saturated heterocycles. The zero-order valence-corrected chi connectivity index (χ0v) is 19.9. The Morgan fingerprint density at radius 2 is 1.64 bits per heavy atom. The topological polar surface area (TPSA) is 79.4 Å². The van der Waals surface area contributed by atoms with Crippen LogP contribution in [0.3, 0.4) is 0 Å². The van der Waals surface area contributed by atoms with Crippen molar-refractivity contribution in [2.75, 3.05) is 16.2 Å². The summed E-state index contributed by atoms with van der Waals surface area (Å²) in [6.45, 7) is 4.10. The molecule has 0 spiro atoms. The van der Waals surface area contributed by atoms with Gasteiger partial charge in [-0.15, -0.1) is 11.3 Å². The maximum absolute atomic E-state index is 13.1. The number of thiazole rings is 1. The van der Waals surface area contributed by atoms with Crippen LogP contribution in [0.4, 0.5) is 10.8 Å². The third-order valence-electron chi connectivity index (χ3n) is 5.11. The summed E-state index contributed by atoms with van der Waals surface area (Å²) in [5.74, 6) is -0.348. The molecule has 4 aromatic rings. The Labute approximate surface area is 197 Å². The predicted molar refractivity (Wildman–Crippen MR) is 133 cm³/mol. The zero-order chi connectivity index (χ0) is 23.4. The molecule has 3 aromatic carbocycles. The van der Waals surface area contributed by atoms with Gasteiger partial charge in [-0.1, -0.05) is 48.0 Å². The number of nitrogens with zero attached hydrogens (tertiary/aromatic N) is 2. The van der Waals surface area contributed by atoms with E-state index in [4.69, 9.17) is 0 Å². The molecule has 0 saturated carbocycles. The van der Waals surface area contributed by atoms with Crippen molar-refractivity contribution in [3.8, 4) is 11.3 Å². The second-order valence-electron chi connectivity index (χ2n) is 7.39.